The third kappa shape index (κ3) is 5.41. The van der Waals surface area contributed by atoms with Crippen LogP contribution in [-0.4, -0.2) is 6.21 Å². The molecule has 0 heterocycles. The van der Waals surface area contributed by atoms with Gasteiger partial charge in [-0.1, -0.05) is 27.4 Å². The first kappa shape index (κ1) is 7.41. The largest absolute Gasteiger partial charge is 0.269 e. The second-order valence-corrected chi connectivity index (χ2v) is 2.83. The summed E-state index contributed by atoms with van der Waals surface area (Å²) in [5.41, 5.74) is 0.189. The van der Waals surface area contributed by atoms with Crippen molar-refractivity contribution in [2.75, 3.05) is 0 Å². The Morgan fingerprint density at radius 3 is 2.00 bits per heavy atom. The molecule has 0 aromatic rings. The van der Waals surface area contributed by atoms with E-state index in [0.717, 1.165) is 0 Å². The van der Waals surface area contributed by atoms with Crippen LogP contribution in [0.2, 0.25) is 0 Å². The molecular formula is C7H13N. The highest BCUT2D eigenvalue weighted by Crippen LogP contribution is 2.07. The fourth-order valence-electron chi connectivity index (χ4n) is 0.276. The maximum Gasteiger partial charge on any atom is 0.0192 e. The van der Waals surface area contributed by atoms with Crippen LogP contribution in [0.4, 0.5) is 0 Å². The van der Waals surface area contributed by atoms with Crippen molar-refractivity contribution < 1.29 is 0 Å². The zero-order valence-electron chi connectivity index (χ0n) is 5.81. The first-order valence-corrected chi connectivity index (χ1v) is 2.71. The molecule has 1 nitrogen and oxygen atoms in total. The molecule has 0 atom stereocenters. The van der Waals surface area contributed by atoms with Crippen LogP contribution in [-0.2, 0) is 0 Å². The molecular weight excluding hydrogens is 98.1 g/mol. The summed E-state index contributed by atoms with van der Waals surface area (Å²) < 4.78 is 0. The van der Waals surface area contributed by atoms with Gasteiger partial charge in [0.2, 0.25) is 0 Å². The SMILES string of the molecule is C=CN=CC(C)(C)C. The standard InChI is InChI=1S/C7H13N/c1-5-8-6-7(2,3)4/h5-6H,1H2,2-4H3. The van der Waals surface area contributed by atoms with Crippen molar-refractivity contribution in [2.24, 2.45) is 10.4 Å². The Bertz CT molecular complexity index is 95.4. The summed E-state index contributed by atoms with van der Waals surface area (Å²) >= 11 is 0. The van der Waals surface area contributed by atoms with Gasteiger partial charge in [-0.3, -0.25) is 4.99 Å². The molecule has 0 aliphatic rings. The lowest BCUT2D eigenvalue weighted by Crippen LogP contribution is -2.04. The molecule has 0 fully saturated rings. The third-order valence-electron chi connectivity index (χ3n) is 0.567. The Morgan fingerprint density at radius 1 is 1.38 bits per heavy atom. The van der Waals surface area contributed by atoms with E-state index in [2.05, 4.69) is 32.3 Å². The molecule has 0 bridgehead atoms. The first-order valence-electron chi connectivity index (χ1n) is 2.71. The number of rotatable bonds is 1. The highest BCUT2D eigenvalue weighted by atomic mass is 14.7. The van der Waals surface area contributed by atoms with Crippen LogP contribution in [0.15, 0.2) is 17.8 Å². The van der Waals surface area contributed by atoms with Crippen molar-refractivity contribution in [3.63, 3.8) is 0 Å². The number of nitrogens with zero attached hydrogens (tertiary/aromatic N) is 1. The Balaban J connectivity index is 3.69. The van der Waals surface area contributed by atoms with Crippen LogP contribution >= 0.6 is 0 Å². The minimum atomic E-state index is 0.189. The van der Waals surface area contributed by atoms with Crippen molar-refractivity contribution in [1.82, 2.24) is 0 Å². The average molecular weight is 111 g/mol. The molecule has 0 aromatic carbocycles. The Kier molecular flexibility index (Phi) is 2.46. The highest BCUT2D eigenvalue weighted by molar-refractivity contribution is 5.64. The molecule has 0 aliphatic heterocycles. The smallest absolute Gasteiger partial charge is 0.0192 e. The van der Waals surface area contributed by atoms with Gasteiger partial charge in [-0.2, -0.15) is 0 Å². The molecule has 0 rings (SSSR count). The van der Waals surface area contributed by atoms with E-state index in [4.69, 9.17) is 0 Å². The lowest BCUT2D eigenvalue weighted by atomic mass is 9.99. The predicted molar refractivity (Wildman–Crippen MR) is 38.1 cm³/mol. The summed E-state index contributed by atoms with van der Waals surface area (Å²) in [7, 11) is 0. The van der Waals surface area contributed by atoms with E-state index in [0.29, 0.717) is 0 Å². The van der Waals surface area contributed by atoms with Crippen LogP contribution < -0.4 is 0 Å². The molecule has 0 saturated heterocycles. The zero-order valence-corrected chi connectivity index (χ0v) is 5.81. The maximum absolute atomic E-state index is 3.88. The van der Waals surface area contributed by atoms with Crippen LogP contribution in [0.1, 0.15) is 20.8 Å². The Labute approximate surface area is 51.1 Å². The van der Waals surface area contributed by atoms with Crippen molar-refractivity contribution in [3.8, 4) is 0 Å². The quantitative estimate of drug-likeness (QED) is 0.460. The summed E-state index contributed by atoms with van der Waals surface area (Å²) in [5, 5.41) is 0. The van der Waals surface area contributed by atoms with Crippen LogP contribution in [0.25, 0.3) is 0 Å². The van der Waals surface area contributed by atoms with Gasteiger partial charge in [-0.15, -0.1) is 0 Å². The second kappa shape index (κ2) is 2.65. The summed E-state index contributed by atoms with van der Waals surface area (Å²) in [4.78, 5) is 3.88. The van der Waals surface area contributed by atoms with Gasteiger partial charge in [0, 0.05) is 12.4 Å². The zero-order chi connectivity index (χ0) is 6.62. The van der Waals surface area contributed by atoms with E-state index in [1.54, 1.807) is 6.20 Å². The second-order valence-electron chi connectivity index (χ2n) is 2.83. The third-order valence-corrected chi connectivity index (χ3v) is 0.567. The van der Waals surface area contributed by atoms with Crippen molar-refractivity contribution in [3.05, 3.63) is 12.8 Å². The number of hydrogen-bond acceptors (Lipinski definition) is 1. The summed E-state index contributed by atoms with van der Waals surface area (Å²) in [6.07, 6.45) is 3.42. The van der Waals surface area contributed by atoms with Gasteiger partial charge in [0.25, 0.3) is 0 Å². The molecule has 0 amide bonds. The molecule has 0 unspecified atom stereocenters. The van der Waals surface area contributed by atoms with Gasteiger partial charge in [0.15, 0.2) is 0 Å². The predicted octanol–water partition coefficient (Wildman–Crippen LogP) is 2.25. The van der Waals surface area contributed by atoms with Gasteiger partial charge in [-0.05, 0) is 5.41 Å². The van der Waals surface area contributed by atoms with Crippen molar-refractivity contribution in [1.29, 1.82) is 0 Å². The van der Waals surface area contributed by atoms with Gasteiger partial charge in [0.1, 0.15) is 0 Å². The topological polar surface area (TPSA) is 12.4 Å². The molecule has 0 saturated carbocycles. The normalized spacial score (nSPS) is 12.4. The van der Waals surface area contributed by atoms with E-state index >= 15 is 0 Å². The maximum atomic E-state index is 3.88. The molecule has 0 N–H and O–H groups in total. The summed E-state index contributed by atoms with van der Waals surface area (Å²) in [5.74, 6) is 0. The molecule has 0 aromatic heterocycles. The molecule has 0 spiro atoms. The van der Waals surface area contributed by atoms with E-state index in [1.165, 1.54) is 0 Å². The summed E-state index contributed by atoms with van der Waals surface area (Å²) in [6, 6.07) is 0. The average Bonchev–Trinajstić information content (AvgIpc) is 1.59. The van der Waals surface area contributed by atoms with Crippen LogP contribution in [0.3, 0.4) is 0 Å². The van der Waals surface area contributed by atoms with E-state index in [9.17, 15) is 0 Å². The van der Waals surface area contributed by atoms with Crippen LogP contribution in [0, 0.1) is 5.41 Å². The first-order chi connectivity index (χ1) is 3.56. The molecule has 46 valence electrons. The fourth-order valence-corrected chi connectivity index (χ4v) is 0.276. The van der Waals surface area contributed by atoms with Gasteiger partial charge < -0.3 is 0 Å². The van der Waals surface area contributed by atoms with E-state index < -0.39 is 0 Å². The fraction of sp³-hybridized carbons (Fsp3) is 0.571. The lowest BCUT2D eigenvalue weighted by molar-refractivity contribution is 0.607. The highest BCUT2D eigenvalue weighted by Gasteiger charge is 2.02. The van der Waals surface area contributed by atoms with Gasteiger partial charge >= 0.3 is 0 Å². The minimum Gasteiger partial charge on any atom is -0.269 e. The van der Waals surface area contributed by atoms with Crippen LogP contribution in [0.5, 0.6) is 0 Å². The molecule has 0 aliphatic carbocycles. The monoisotopic (exact) mass is 111 g/mol. The number of aliphatic imine (C=N–C) groups is 1. The molecule has 0 radical (unpaired) electrons. The lowest BCUT2D eigenvalue weighted by Gasteiger charge is -2.08. The minimum absolute atomic E-state index is 0.189. The van der Waals surface area contributed by atoms with E-state index in [1.807, 2.05) is 6.21 Å². The van der Waals surface area contributed by atoms with E-state index in [-0.39, 0.29) is 5.41 Å². The van der Waals surface area contributed by atoms with Crippen molar-refractivity contribution >= 4 is 6.21 Å². The van der Waals surface area contributed by atoms with Gasteiger partial charge in [-0.25, -0.2) is 0 Å². The molecule has 8 heavy (non-hydrogen) atoms. The number of hydrogen-bond donors (Lipinski definition) is 0. The Morgan fingerprint density at radius 2 is 1.88 bits per heavy atom. The summed E-state index contributed by atoms with van der Waals surface area (Å²) in [6.45, 7) is 9.76. The van der Waals surface area contributed by atoms with Gasteiger partial charge in [0.05, 0.1) is 0 Å². The Hall–Kier alpha value is -0.590. The molecule has 1 heteroatoms. The van der Waals surface area contributed by atoms with Crippen molar-refractivity contribution in [2.45, 2.75) is 20.8 Å².